The van der Waals surface area contributed by atoms with Crippen molar-refractivity contribution in [3.8, 4) is 0 Å². The van der Waals surface area contributed by atoms with E-state index in [9.17, 15) is 4.79 Å². The van der Waals surface area contributed by atoms with E-state index in [4.69, 9.17) is 15.5 Å². The molecule has 0 fully saturated rings. The number of carboxylic acids is 1. The third-order valence-corrected chi connectivity index (χ3v) is 1.63. The summed E-state index contributed by atoms with van der Waals surface area (Å²) in [7, 11) is 0. The van der Waals surface area contributed by atoms with Gasteiger partial charge >= 0.3 is 5.97 Å². The largest absolute Gasteiger partial charge is 0.476 e. The van der Waals surface area contributed by atoms with Crippen LogP contribution in [0.1, 0.15) is 0 Å². The maximum absolute atomic E-state index is 10.6. The van der Waals surface area contributed by atoms with Gasteiger partial charge in [0.05, 0.1) is 5.69 Å². The monoisotopic (exact) mass is 223 g/mol. The molecule has 0 atom stereocenters. The van der Waals surface area contributed by atoms with Crippen molar-refractivity contribution in [1.29, 1.82) is 0 Å². The van der Waals surface area contributed by atoms with E-state index in [1.54, 1.807) is 35.8 Å². The van der Waals surface area contributed by atoms with Crippen LogP contribution in [0, 0.1) is 0 Å². The number of amidine groups is 1. The molecule has 4 N–H and O–H groups in total. The predicted molar refractivity (Wildman–Crippen MR) is 55.3 cm³/mol. The van der Waals surface area contributed by atoms with E-state index in [1.807, 2.05) is 0 Å². The van der Waals surface area contributed by atoms with Crippen LogP contribution in [0.2, 0.25) is 0 Å². The smallest absolute Gasteiger partial charge is 0.361 e. The SMILES string of the molecule is O=C(O)/C(=N/O)C(=Nc1ccccc1)NO. The Morgan fingerprint density at radius 1 is 1.25 bits per heavy atom. The minimum atomic E-state index is -1.52. The number of carboxylic acid groups (broad SMARTS) is 1. The Morgan fingerprint density at radius 2 is 1.88 bits per heavy atom. The highest BCUT2D eigenvalue weighted by molar-refractivity contribution is 6.64. The van der Waals surface area contributed by atoms with Crippen molar-refractivity contribution in [2.75, 3.05) is 0 Å². The van der Waals surface area contributed by atoms with Crippen LogP contribution in [-0.2, 0) is 4.79 Å². The lowest BCUT2D eigenvalue weighted by molar-refractivity contribution is -0.129. The van der Waals surface area contributed by atoms with Crippen molar-refractivity contribution in [3.63, 3.8) is 0 Å². The van der Waals surface area contributed by atoms with Crippen LogP contribution >= 0.6 is 0 Å². The summed E-state index contributed by atoms with van der Waals surface area (Å²) in [5.74, 6) is -1.97. The molecule has 0 aromatic heterocycles. The molecular weight excluding hydrogens is 214 g/mol. The number of carbonyl (C=O) groups is 1. The van der Waals surface area contributed by atoms with Crippen LogP contribution in [-0.4, -0.2) is 33.0 Å². The van der Waals surface area contributed by atoms with E-state index < -0.39 is 17.5 Å². The summed E-state index contributed by atoms with van der Waals surface area (Å²) >= 11 is 0. The quantitative estimate of drug-likeness (QED) is 0.259. The van der Waals surface area contributed by atoms with Gasteiger partial charge in [-0.25, -0.2) is 15.3 Å². The predicted octanol–water partition coefficient (Wildman–Crippen LogP) is 0.610. The second kappa shape index (κ2) is 5.47. The Balaban J connectivity index is 3.08. The first kappa shape index (κ1) is 11.7. The average molecular weight is 223 g/mol. The number of oxime groups is 1. The molecule has 0 aliphatic rings. The van der Waals surface area contributed by atoms with Crippen LogP contribution in [0.3, 0.4) is 0 Å². The van der Waals surface area contributed by atoms with E-state index in [-0.39, 0.29) is 0 Å². The summed E-state index contributed by atoms with van der Waals surface area (Å²) in [6.07, 6.45) is 0. The van der Waals surface area contributed by atoms with Crippen molar-refractivity contribution in [1.82, 2.24) is 5.48 Å². The molecule has 0 unspecified atom stereocenters. The molecule has 0 bridgehead atoms. The van der Waals surface area contributed by atoms with Crippen LogP contribution < -0.4 is 5.48 Å². The number of nitrogens with one attached hydrogen (secondary N) is 1. The zero-order valence-electron chi connectivity index (χ0n) is 8.03. The molecule has 16 heavy (non-hydrogen) atoms. The van der Waals surface area contributed by atoms with Gasteiger partial charge in [0.25, 0.3) is 0 Å². The lowest BCUT2D eigenvalue weighted by Gasteiger charge is -2.02. The first-order valence-corrected chi connectivity index (χ1v) is 4.18. The fourth-order valence-electron chi connectivity index (χ4n) is 0.954. The molecule has 0 aliphatic carbocycles. The van der Waals surface area contributed by atoms with Crippen molar-refractivity contribution in [3.05, 3.63) is 30.3 Å². The summed E-state index contributed by atoms with van der Waals surface area (Å²) in [5, 5.41) is 28.3. The number of hydroxylamine groups is 1. The van der Waals surface area contributed by atoms with Gasteiger partial charge in [0.15, 0.2) is 5.84 Å². The molecule has 1 rings (SSSR count). The summed E-state index contributed by atoms with van der Waals surface area (Å²) in [4.78, 5) is 14.4. The third kappa shape index (κ3) is 2.79. The van der Waals surface area contributed by atoms with Gasteiger partial charge in [0.1, 0.15) is 0 Å². The van der Waals surface area contributed by atoms with Gasteiger partial charge in [-0.05, 0) is 12.1 Å². The molecule has 7 nitrogen and oxygen atoms in total. The van der Waals surface area contributed by atoms with E-state index in [1.165, 1.54) is 0 Å². The Kier molecular flexibility index (Phi) is 3.98. The Bertz CT molecular complexity index is 428. The van der Waals surface area contributed by atoms with E-state index in [2.05, 4.69) is 10.1 Å². The highest BCUT2D eigenvalue weighted by Crippen LogP contribution is 2.09. The second-order valence-corrected chi connectivity index (χ2v) is 2.66. The topological polar surface area (TPSA) is 115 Å². The number of benzene rings is 1. The molecule has 1 aromatic rings. The summed E-state index contributed by atoms with van der Waals surface area (Å²) in [6.45, 7) is 0. The van der Waals surface area contributed by atoms with Gasteiger partial charge in [0, 0.05) is 0 Å². The highest BCUT2D eigenvalue weighted by Gasteiger charge is 2.17. The summed E-state index contributed by atoms with van der Waals surface area (Å²) in [5.41, 5.74) is 1.18. The van der Waals surface area contributed by atoms with Gasteiger partial charge < -0.3 is 10.3 Å². The minimum absolute atomic E-state index is 0.404. The number of aliphatic carboxylic acids is 1. The minimum Gasteiger partial charge on any atom is -0.476 e. The number of para-hydroxylation sites is 1. The molecule has 0 radical (unpaired) electrons. The van der Waals surface area contributed by atoms with E-state index in [0.717, 1.165) is 0 Å². The molecular formula is C9H9N3O4. The van der Waals surface area contributed by atoms with Crippen LogP contribution in [0.5, 0.6) is 0 Å². The fourth-order valence-corrected chi connectivity index (χ4v) is 0.954. The molecule has 7 heteroatoms. The normalized spacial score (nSPS) is 12.3. The van der Waals surface area contributed by atoms with Gasteiger partial charge in [-0.2, -0.15) is 0 Å². The third-order valence-electron chi connectivity index (χ3n) is 1.63. The molecule has 0 saturated carbocycles. The molecule has 0 heterocycles. The van der Waals surface area contributed by atoms with Gasteiger partial charge in [-0.3, -0.25) is 5.21 Å². The van der Waals surface area contributed by atoms with Crippen LogP contribution in [0.15, 0.2) is 40.5 Å². The number of hydrogen-bond donors (Lipinski definition) is 4. The second-order valence-electron chi connectivity index (χ2n) is 2.66. The standard InChI is InChI=1S/C9H9N3O4/c13-9(14)7(11-15)8(12-16)10-6-4-2-1-3-5-6/h1-5,15-16H,(H,10,12)(H,13,14)/b11-7+. The number of aliphatic imine (C=N–C) groups is 1. The zero-order chi connectivity index (χ0) is 12.0. The van der Waals surface area contributed by atoms with Crippen molar-refractivity contribution >= 4 is 23.2 Å². The number of rotatable bonds is 3. The number of nitrogens with zero attached hydrogens (tertiary/aromatic N) is 2. The van der Waals surface area contributed by atoms with Gasteiger partial charge in [0.2, 0.25) is 5.71 Å². The highest BCUT2D eigenvalue weighted by atomic mass is 16.5. The summed E-state index contributed by atoms with van der Waals surface area (Å²) < 4.78 is 0. The zero-order valence-corrected chi connectivity index (χ0v) is 8.03. The van der Waals surface area contributed by atoms with E-state index in [0.29, 0.717) is 5.69 Å². The van der Waals surface area contributed by atoms with Gasteiger partial charge in [-0.15, -0.1) is 0 Å². The van der Waals surface area contributed by atoms with E-state index >= 15 is 0 Å². The molecule has 0 amide bonds. The molecule has 1 aromatic carbocycles. The van der Waals surface area contributed by atoms with Crippen molar-refractivity contribution in [2.24, 2.45) is 10.1 Å². The van der Waals surface area contributed by atoms with Crippen LogP contribution in [0.25, 0.3) is 0 Å². The Labute approximate surface area is 90.3 Å². The average Bonchev–Trinajstić information content (AvgIpc) is 2.29. The first-order chi connectivity index (χ1) is 7.69. The fraction of sp³-hybridized carbons (Fsp3) is 0. The Hall–Kier alpha value is -2.41. The molecule has 84 valence electrons. The molecule has 0 spiro atoms. The maximum atomic E-state index is 10.6. The lowest BCUT2D eigenvalue weighted by atomic mass is 10.3. The summed E-state index contributed by atoms with van der Waals surface area (Å²) in [6, 6.07) is 8.31. The van der Waals surface area contributed by atoms with Gasteiger partial charge in [-0.1, -0.05) is 23.4 Å². The number of hydrogen-bond acceptors (Lipinski definition) is 5. The van der Waals surface area contributed by atoms with Crippen LogP contribution in [0.4, 0.5) is 5.69 Å². The lowest BCUT2D eigenvalue weighted by Crippen LogP contribution is -2.34. The first-order valence-electron chi connectivity index (χ1n) is 4.18. The molecule has 0 saturated heterocycles. The molecule has 0 aliphatic heterocycles. The maximum Gasteiger partial charge on any atom is 0.361 e. The van der Waals surface area contributed by atoms with Crippen molar-refractivity contribution in [2.45, 2.75) is 0 Å². The van der Waals surface area contributed by atoms with Crippen molar-refractivity contribution < 1.29 is 20.3 Å². The Morgan fingerprint density at radius 3 is 2.31 bits per heavy atom.